The Bertz CT molecular complexity index is 1140. The zero-order chi connectivity index (χ0) is 21.9. The third-order valence-corrected chi connectivity index (χ3v) is 6.73. The molecule has 0 amide bonds. The lowest BCUT2D eigenvalue weighted by atomic mass is 9.93. The highest BCUT2D eigenvalue weighted by molar-refractivity contribution is 5.86. The van der Waals surface area contributed by atoms with Crippen LogP contribution in [-0.4, -0.2) is 21.1 Å². The molecule has 1 N–H and O–H groups in total. The molecular formula is C29H32N2O. The first-order valence-corrected chi connectivity index (χ1v) is 11.8. The maximum absolute atomic E-state index is 10.9. The van der Waals surface area contributed by atoms with E-state index in [0.29, 0.717) is 0 Å². The molecule has 0 aliphatic heterocycles. The molecule has 3 aromatic carbocycles. The molecule has 1 aromatic heterocycles. The van der Waals surface area contributed by atoms with Crippen molar-refractivity contribution in [2.45, 2.75) is 51.9 Å². The minimum Gasteiger partial charge on any atom is -0.387 e. The van der Waals surface area contributed by atoms with E-state index in [1.165, 1.54) is 33.2 Å². The average molecular weight is 425 g/mol. The maximum atomic E-state index is 10.9. The third-order valence-electron chi connectivity index (χ3n) is 6.73. The second-order valence-corrected chi connectivity index (χ2v) is 9.13. The summed E-state index contributed by atoms with van der Waals surface area (Å²) in [6.07, 6.45) is 2.63. The Balaban J connectivity index is 1.45. The largest absolute Gasteiger partial charge is 0.387 e. The fourth-order valence-corrected chi connectivity index (χ4v) is 5.19. The summed E-state index contributed by atoms with van der Waals surface area (Å²) in [5.74, 6) is 0. The highest BCUT2D eigenvalue weighted by atomic mass is 16.3. The fourth-order valence-electron chi connectivity index (χ4n) is 5.19. The SMILES string of the molecule is Cc1ccc2c(c1)c1c(n2CCN(Cc2ccccc2)Cc2ccccc2)[C@@H](O)CCC1. The van der Waals surface area contributed by atoms with Crippen LogP contribution in [0.2, 0.25) is 0 Å². The van der Waals surface area contributed by atoms with Gasteiger partial charge in [-0.1, -0.05) is 72.3 Å². The van der Waals surface area contributed by atoms with Gasteiger partial charge in [0.1, 0.15) is 0 Å². The van der Waals surface area contributed by atoms with Crippen LogP contribution in [0.25, 0.3) is 10.9 Å². The zero-order valence-electron chi connectivity index (χ0n) is 18.9. The van der Waals surface area contributed by atoms with Crippen LogP contribution in [0.15, 0.2) is 78.9 Å². The molecule has 0 bridgehead atoms. The molecule has 4 aromatic rings. The molecule has 1 aliphatic carbocycles. The summed E-state index contributed by atoms with van der Waals surface area (Å²) in [7, 11) is 0. The van der Waals surface area contributed by atoms with Gasteiger partial charge < -0.3 is 9.67 Å². The summed E-state index contributed by atoms with van der Waals surface area (Å²) in [4.78, 5) is 2.52. The minimum atomic E-state index is -0.358. The molecule has 0 radical (unpaired) electrons. The zero-order valence-corrected chi connectivity index (χ0v) is 18.9. The van der Waals surface area contributed by atoms with Gasteiger partial charge in [-0.15, -0.1) is 0 Å². The molecule has 1 aliphatic rings. The van der Waals surface area contributed by atoms with E-state index in [-0.39, 0.29) is 6.10 Å². The number of benzene rings is 3. The van der Waals surface area contributed by atoms with Crippen LogP contribution in [0.5, 0.6) is 0 Å². The first-order chi connectivity index (χ1) is 15.7. The molecular weight excluding hydrogens is 392 g/mol. The molecule has 0 fully saturated rings. The number of hydrogen-bond acceptors (Lipinski definition) is 2. The van der Waals surface area contributed by atoms with Crippen LogP contribution in [0.3, 0.4) is 0 Å². The molecule has 1 atom stereocenters. The molecule has 5 rings (SSSR count). The van der Waals surface area contributed by atoms with E-state index >= 15 is 0 Å². The lowest BCUT2D eigenvalue weighted by Crippen LogP contribution is -2.28. The predicted molar refractivity (Wildman–Crippen MR) is 132 cm³/mol. The standard InChI is InChI=1S/C29H32N2O/c1-22-15-16-27-26(19-22)25-13-8-14-28(32)29(25)31(27)18-17-30(20-23-9-4-2-5-10-23)21-24-11-6-3-7-12-24/h2-7,9-12,15-16,19,28,32H,8,13-14,17-18,20-21H2,1H3/t28-/m0/s1. The van der Waals surface area contributed by atoms with Gasteiger partial charge in [0, 0.05) is 37.1 Å². The highest BCUT2D eigenvalue weighted by Crippen LogP contribution is 2.37. The maximum Gasteiger partial charge on any atom is 0.0943 e. The van der Waals surface area contributed by atoms with E-state index in [9.17, 15) is 5.11 Å². The number of nitrogens with zero attached hydrogens (tertiary/aromatic N) is 2. The summed E-state index contributed by atoms with van der Waals surface area (Å²) in [6.45, 7) is 5.80. The normalized spacial score (nSPS) is 15.9. The van der Waals surface area contributed by atoms with Crippen LogP contribution in [0, 0.1) is 6.92 Å². The summed E-state index contributed by atoms with van der Waals surface area (Å²) in [5.41, 5.74) is 7.72. The summed E-state index contributed by atoms with van der Waals surface area (Å²) in [5, 5.41) is 12.2. The van der Waals surface area contributed by atoms with E-state index in [0.717, 1.165) is 51.1 Å². The lowest BCUT2D eigenvalue weighted by molar-refractivity contribution is 0.145. The van der Waals surface area contributed by atoms with Crippen LogP contribution < -0.4 is 0 Å². The molecule has 0 spiro atoms. The quantitative estimate of drug-likeness (QED) is 0.393. The second-order valence-electron chi connectivity index (χ2n) is 9.13. The summed E-state index contributed by atoms with van der Waals surface area (Å²) in [6, 6.07) is 28.2. The van der Waals surface area contributed by atoms with E-state index in [1.54, 1.807) is 0 Å². The number of hydrogen-bond donors (Lipinski definition) is 1. The Morgan fingerprint density at radius 2 is 1.56 bits per heavy atom. The molecule has 1 heterocycles. The summed E-state index contributed by atoms with van der Waals surface area (Å²) >= 11 is 0. The molecule has 0 unspecified atom stereocenters. The Morgan fingerprint density at radius 3 is 2.22 bits per heavy atom. The van der Waals surface area contributed by atoms with Crippen molar-refractivity contribution < 1.29 is 5.11 Å². The number of rotatable bonds is 7. The van der Waals surface area contributed by atoms with Gasteiger partial charge in [0.2, 0.25) is 0 Å². The number of aliphatic hydroxyl groups excluding tert-OH is 1. The number of fused-ring (bicyclic) bond motifs is 3. The smallest absolute Gasteiger partial charge is 0.0943 e. The second kappa shape index (κ2) is 9.32. The van der Waals surface area contributed by atoms with Crippen LogP contribution in [0.4, 0.5) is 0 Å². The van der Waals surface area contributed by atoms with Crippen molar-refractivity contribution in [3.8, 4) is 0 Å². The number of aromatic nitrogens is 1. The molecule has 0 saturated heterocycles. The monoisotopic (exact) mass is 424 g/mol. The Hall–Kier alpha value is -2.88. The Kier molecular flexibility index (Phi) is 6.11. The van der Waals surface area contributed by atoms with Gasteiger partial charge in [-0.25, -0.2) is 0 Å². The first kappa shape index (κ1) is 21.0. The Labute approximate surface area is 190 Å². The van der Waals surface area contributed by atoms with Crippen molar-refractivity contribution in [3.63, 3.8) is 0 Å². The highest BCUT2D eigenvalue weighted by Gasteiger charge is 2.26. The fraction of sp³-hybridized carbons (Fsp3) is 0.310. The molecule has 3 nitrogen and oxygen atoms in total. The number of aliphatic hydroxyl groups is 1. The number of aryl methyl sites for hydroxylation is 2. The van der Waals surface area contributed by atoms with Gasteiger partial charge in [-0.3, -0.25) is 4.90 Å². The van der Waals surface area contributed by atoms with E-state index in [4.69, 9.17) is 0 Å². The van der Waals surface area contributed by atoms with E-state index in [1.807, 2.05) is 0 Å². The molecule has 3 heteroatoms. The van der Waals surface area contributed by atoms with Gasteiger partial charge in [-0.2, -0.15) is 0 Å². The lowest BCUT2D eigenvalue weighted by Gasteiger charge is -2.26. The van der Waals surface area contributed by atoms with Gasteiger partial charge in [0.15, 0.2) is 0 Å². The van der Waals surface area contributed by atoms with E-state index in [2.05, 4.69) is 95.3 Å². The van der Waals surface area contributed by atoms with Gasteiger partial charge >= 0.3 is 0 Å². The van der Waals surface area contributed by atoms with Crippen LogP contribution in [-0.2, 0) is 26.1 Å². The van der Waals surface area contributed by atoms with Crippen molar-refractivity contribution in [2.75, 3.05) is 6.54 Å². The first-order valence-electron chi connectivity index (χ1n) is 11.8. The van der Waals surface area contributed by atoms with Gasteiger partial charge in [0.25, 0.3) is 0 Å². The van der Waals surface area contributed by atoms with Crippen LogP contribution >= 0.6 is 0 Å². The molecule has 32 heavy (non-hydrogen) atoms. The third kappa shape index (κ3) is 4.36. The van der Waals surface area contributed by atoms with Crippen molar-refractivity contribution in [2.24, 2.45) is 0 Å². The van der Waals surface area contributed by atoms with Gasteiger partial charge in [0.05, 0.1) is 11.8 Å². The van der Waals surface area contributed by atoms with Crippen molar-refractivity contribution >= 4 is 10.9 Å². The Morgan fingerprint density at radius 1 is 0.906 bits per heavy atom. The molecule has 164 valence electrons. The van der Waals surface area contributed by atoms with Crippen molar-refractivity contribution in [1.82, 2.24) is 9.47 Å². The summed E-state index contributed by atoms with van der Waals surface area (Å²) < 4.78 is 2.40. The van der Waals surface area contributed by atoms with Gasteiger partial charge in [-0.05, 0) is 55.0 Å². The predicted octanol–water partition coefficient (Wildman–Crippen LogP) is 6.02. The average Bonchev–Trinajstić information content (AvgIpc) is 3.13. The van der Waals surface area contributed by atoms with Crippen LogP contribution in [0.1, 0.15) is 46.9 Å². The van der Waals surface area contributed by atoms with Crippen molar-refractivity contribution in [3.05, 3.63) is 107 Å². The molecule has 0 saturated carbocycles. The van der Waals surface area contributed by atoms with Crippen molar-refractivity contribution in [1.29, 1.82) is 0 Å². The van der Waals surface area contributed by atoms with E-state index < -0.39 is 0 Å². The minimum absolute atomic E-state index is 0.358. The topological polar surface area (TPSA) is 28.4 Å².